The number of nitrogens with one attached hydrogen (secondary N) is 2. The normalized spacial score (nSPS) is 18.6. The molecule has 1 aromatic carbocycles. The van der Waals surface area contributed by atoms with Gasteiger partial charge < -0.3 is 34.8 Å². The molecular formula is C37H51Br4N3O7. The van der Waals surface area contributed by atoms with E-state index in [1.54, 1.807) is 0 Å². The lowest BCUT2D eigenvalue weighted by atomic mass is 10.0. The topological polar surface area (TPSA) is 128 Å². The van der Waals surface area contributed by atoms with Gasteiger partial charge in [-0.2, -0.15) is 0 Å². The number of nitrogens with zero attached hydrogens (tertiary/aromatic N) is 1. The van der Waals surface area contributed by atoms with Gasteiger partial charge in [-0.15, -0.1) is 0 Å². The van der Waals surface area contributed by atoms with E-state index >= 15 is 0 Å². The van der Waals surface area contributed by atoms with E-state index in [0.29, 0.717) is 52.9 Å². The fourth-order valence-electron chi connectivity index (χ4n) is 5.57. The van der Waals surface area contributed by atoms with Crippen molar-refractivity contribution in [3.05, 3.63) is 59.8 Å². The first kappa shape index (κ1) is 43.5. The molecule has 14 heteroatoms. The maximum Gasteiger partial charge on any atom is 0.311 e. The molecule has 0 unspecified atom stereocenters. The molecule has 1 spiro atoms. The summed E-state index contributed by atoms with van der Waals surface area (Å²) < 4.78 is 19.7. The molecule has 2 aliphatic rings. The largest absolute Gasteiger partial charge is 0.495 e. The highest BCUT2D eigenvalue weighted by Crippen LogP contribution is 2.41. The predicted molar refractivity (Wildman–Crippen MR) is 215 cm³/mol. The summed E-state index contributed by atoms with van der Waals surface area (Å²) in [6.45, 7) is 3.42. The molecule has 2 aliphatic heterocycles. The van der Waals surface area contributed by atoms with Gasteiger partial charge in [0.05, 0.1) is 33.6 Å². The number of ether oxygens (including phenoxy) is 3. The van der Waals surface area contributed by atoms with Gasteiger partial charge in [0.2, 0.25) is 5.91 Å². The molecule has 284 valence electrons. The Morgan fingerprint density at radius 3 is 2.31 bits per heavy atom. The predicted octanol–water partition coefficient (Wildman–Crippen LogP) is 9.37. The standard InChI is InChI=1S/C37H51Br4N3O7/c1-3-4-5-6-7-8-9-10-11-12-13-14-15-17-31(45)42-20-18-26-22-27(38)34(28(39)23-26)49-21-16-19-43-36(47)32-35(46)37(51-44-32)24-29(40)33(48-2)30(41)25-50-37/h7-8,22-23,25,35,46H,3-6,9-21,24H2,1-2H3,(H,42,45)(H,43,47)/b8-7-/t35-,37+/m0/s1. The minimum absolute atomic E-state index is 0.0619. The van der Waals surface area contributed by atoms with Crippen molar-refractivity contribution in [1.82, 2.24) is 10.6 Å². The minimum atomic E-state index is -1.60. The SMILES string of the molecule is CCCCC/C=C\CCCCCCCCC(=O)NCCc1cc(Br)c(OCCCNC(=O)C2=NO[C@]3(CC(Br)=C(OC)C(Br)=CO3)[C@H]2O)c(Br)c1. The van der Waals surface area contributed by atoms with E-state index in [0.717, 1.165) is 27.4 Å². The third-order valence-electron chi connectivity index (χ3n) is 8.45. The molecule has 10 nitrogen and oxygen atoms in total. The van der Waals surface area contributed by atoms with Crippen LogP contribution in [0, 0.1) is 0 Å². The fraction of sp³-hybridized carbons (Fsp3) is 0.595. The van der Waals surface area contributed by atoms with Crippen LogP contribution in [0.25, 0.3) is 0 Å². The summed E-state index contributed by atoms with van der Waals surface area (Å²) in [5, 5.41) is 20.5. The zero-order valence-corrected chi connectivity index (χ0v) is 35.9. The van der Waals surface area contributed by atoms with Gasteiger partial charge in [-0.3, -0.25) is 9.59 Å². The van der Waals surface area contributed by atoms with Gasteiger partial charge in [0.1, 0.15) is 17.8 Å². The summed E-state index contributed by atoms with van der Waals surface area (Å²) in [6, 6.07) is 3.97. The molecular weight excluding hydrogens is 918 g/mol. The lowest BCUT2D eigenvalue weighted by Gasteiger charge is -2.27. The first-order valence-electron chi connectivity index (χ1n) is 17.8. The number of allylic oxidation sites excluding steroid dienone is 3. The Morgan fingerprint density at radius 2 is 1.63 bits per heavy atom. The van der Waals surface area contributed by atoms with Crippen molar-refractivity contribution in [3.63, 3.8) is 0 Å². The Kier molecular flexibility index (Phi) is 20.3. The van der Waals surface area contributed by atoms with Crippen LogP contribution >= 0.6 is 63.7 Å². The van der Waals surface area contributed by atoms with Crippen LogP contribution in [0.5, 0.6) is 5.75 Å². The van der Waals surface area contributed by atoms with E-state index in [4.69, 9.17) is 19.0 Å². The van der Waals surface area contributed by atoms with Crippen LogP contribution < -0.4 is 15.4 Å². The highest BCUT2D eigenvalue weighted by atomic mass is 79.9. The average Bonchev–Trinajstić information content (AvgIpc) is 3.34. The second-order valence-electron chi connectivity index (χ2n) is 12.6. The number of carbonyl (C=O) groups is 2. The van der Waals surface area contributed by atoms with Crippen LogP contribution in [0.1, 0.15) is 102 Å². The van der Waals surface area contributed by atoms with Gasteiger partial charge in [0.15, 0.2) is 11.8 Å². The molecule has 51 heavy (non-hydrogen) atoms. The molecule has 3 N–H and O–H groups in total. The summed E-state index contributed by atoms with van der Waals surface area (Å²) in [4.78, 5) is 30.6. The minimum Gasteiger partial charge on any atom is -0.495 e. The van der Waals surface area contributed by atoms with Gasteiger partial charge in [0.25, 0.3) is 5.91 Å². The molecule has 0 aromatic heterocycles. The number of aliphatic hydroxyl groups is 1. The second-order valence-corrected chi connectivity index (χ2v) is 16.1. The molecule has 0 bridgehead atoms. The molecule has 2 atom stereocenters. The Hall–Kier alpha value is -1.87. The first-order chi connectivity index (χ1) is 24.6. The number of halogens is 4. The Morgan fingerprint density at radius 1 is 0.961 bits per heavy atom. The van der Waals surface area contributed by atoms with E-state index in [-0.39, 0.29) is 24.6 Å². The number of amides is 2. The van der Waals surface area contributed by atoms with Crippen molar-refractivity contribution >= 4 is 81.2 Å². The van der Waals surface area contributed by atoms with Gasteiger partial charge in [-0.05, 0) is 110 Å². The summed E-state index contributed by atoms with van der Waals surface area (Å²) in [5.74, 6) is -0.939. The van der Waals surface area contributed by atoms with Crippen molar-refractivity contribution in [2.45, 2.75) is 115 Å². The number of unbranched alkanes of at least 4 members (excludes halogenated alkanes) is 9. The van der Waals surface area contributed by atoms with Crippen LogP contribution in [0.2, 0.25) is 0 Å². The van der Waals surface area contributed by atoms with Crippen LogP contribution in [-0.2, 0) is 30.3 Å². The van der Waals surface area contributed by atoms with E-state index in [2.05, 4.69) is 98.6 Å². The number of aliphatic hydroxyl groups excluding tert-OH is 1. The number of carbonyl (C=O) groups excluding carboxylic acids is 2. The van der Waals surface area contributed by atoms with Crippen molar-refractivity contribution in [2.24, 2.45) is 5.16 Å². The summed E-state index contributed by atoms with van der Waals surface area (Å²) in [7, 11) is 1.51. The number of hydrogen-bond acceptors (Lipinski definition) is 8. The van der Waals surface area contributed by atoms with Crippen molar-refractivity contribution in [3.8, 4) is 5.75 Å². The van der Waals surface area contributed by atoms with E-state index in [1.807, 2.05) is 12.1 Å². The quantitative estimate of drug-likeness (QED) is 0.0737. The smallest absolute Gasteiger partial charge is 0.311 e. The highest BCUT2D eigenvalue weighted by Gasteiger charge is 2.54. The fourth-order valence-corrected chi connectivity index (χ4v) is 8.60. The lowest BCUT2D eigenvalue weighted by molar-refractivity contribution is -0.225. The van der Waals surface area contributed by atoms with Crippen LogP contribution in [-0.4, -0.2) is 61.3 Å². The summed E-state index contributed by atoms with van der Waals surface area (Å²) in [5.41, 5.74) is 0.874. The zero-order valence-electron chi connectivity index (χ0n) is 29.5. The third-order valence-corrected chi connectivity index (χ3v) is 10.8. The molecule has 1 aromatic rings. The highest BCUT2D eigenvalue weighted by molar-refractivity contribution is 9.12. The van der Waals surface area contributed by atoms with Crippen molar-refractivity contribution < 1.29 is 33.7 Å². The Balaban J connectivity index is 1.27. The molecule has 0 aliphatic carbocycles. The van der Waals surface area contributed by atoms with Gasteiger partial charge in [-0.1, -0.05) is 78.7 Å². The maximum atomic E-state index is 12.8. The number of hydrogen-bond donors (Lipinski definition) is 3. The van der Waals surface area contributed by atoms with E-state index in [1.165, 1.54) is 71.2 Å². The monoisotopic (exact) mass is 965 g/mol. The van der Waals surface area contributed by atoms with Gasteiger partial charge >= 0.3 is 5.79 Å². The number of benzene rings is 1. The molecule has 2 heterocycles. The van der Waals surface area contributed by atoms with Gasteiger partial charge in [0, 0.05) is 24.0 Å². The second kappa shape index (κ2) is 23.7. The Bertz CT molecular complexity index is 1400. The molecule has 2 amide bonds. The molecule has 0 saturated heterocycles. The molecule has 0 saturated carbocycles. The third kappa shape index (κ3) is 14.5. The zero-order chi connectivity index (χ0) is 37.1. The summed E-state index contributed by atoms with van der Waals surface area (Å²) >= 11 is 14.0. The molecule has 0 radical (unpaired) electrons. The number of methoxy groups -OCH3 is 1. The Labute approximate surface area is 336 Å². The van der Waals surface area contributed by atoms with Crippen LogP contribution in [0.15, 0.2) is 59.4 Å². The van der Waals surface area contributed by atoms with Crippen LogP contribution in [0.4, 0.5) is 0 Å². The van der Waals surface area contributed by atoms with Crippen molar-refractivity contribution in [1.29, 1.82) is 0 Å². The van der Waals surface area contributed by atoms with Crippen LogP contribution in [0.3, 0.4) is 0 Å². The van der Waals surface area contributed by atoms with E-state index in [9.17, 15) is 14.7 Å². The molecule has 0 fully saturated rings. The maximum absolute atomic E-state index is 12.8. The number of oxime groups is 1. The van der Waals surface area contributed by atoms with Gasteiger partial charge in [-0.25, -0.2) is 0 Å². The van der Waals surface area contributed by atoms with E-state index < -0.39 is 17.8 Å². The first-order valence-corrected chi connectivity index (χ1v) is 21.0. The summed E-state index contributed by atoms with van der Waals surface area (Å²) in [6.07, 6.45) is 19.7. The lowest BCUT2D eigenvalue weighted by Crippen LogP contribution is -2.49. The molecule has 3 rings (SSSR count). The van der Waals surface area contributed by atoms with Crippen molar-refractivity contribution in [2.75, 3.05) is 26.8 Å². The average molecular weight is 969 g/mol. The number of rotatable bonds is 23.